The minimum Gasteiger partial charge on any atom is -0.465 e. The molecule has 0 fully saturated rings. The van der Waals surface area contributed by atoms with E-state index < -0.39 is 16.8 Å². The number of hydrogen-bond donors (Lipinski definition) is 2. The van der Waals surface area contributed by atoms with Crippen molar-refractivity contribution in [1.82, 2.24) is 5.32 Å². The van der Waals surface area contributed by atoms with Gasteiger partial charge in [0.15, 0.2) is 5.11 Å². The number of nitrogens with one attached hydrogen (secondary N) is 2. The lowest BCUT2D eigenvalue weighted by Crippen LogP contribution is -2.33. The number of nitrogens with zero attached hydrogens (tertiary/aromatic N) is 1. The van der Waals surface area contributed by atoms with Gasteiger partial charge >= 0.3 is 5.97 Å². The summed E-state index contributed by atoms with van der Waals surface area (Å²) in [5.41, 5.74) is 2.06. The van der Waals surface area contributed by atoms with E-state index in [1.165, 1.54) is 54.9 Å². The van der Waals surface area contributed by atoms with Crippen LogP contribution >= 0.6 is 23.6 Å². The Balaban J connectivity index is 1.63. The van der Waals surface area contributed by atoms with Crippen LogP contribution in [0, 0.1) is 10.1 Å². The highest BCUT2D eigenvalue weighted by molar-refractivity contribution is 7.80. The van der Waals surface area contributed by atoms with Crippen LogP contribution in [0.3, 0.4) is 0 Å². The molecule has 10 heteroatoms. The third kappa shape index (κ3) is 4.84. The Hall–Kier alpha value is -3.11. The lowest BCUT2D eigenvalue weighted by molar-refractivity contribution is -0.384. The number of benzene rings is 1. The summed E-state index contributed by atoms with van der Waals surface area (Å²) in [5, 5.41) is 16.7. The third-order valence-electron chi connectivity index (χ3n) is 4.31. The van der Waals surface area contributed by atoms with Crippen molar-refractivity contribution in [2.75, 3.05) is 12.4 Å². The molecule has 1 aliphatic carbocycles. The number of carbonyl (C=O) groups excluding carboxylic acids is 2. The summed E-state index contributed by atoms with van der Waals surface area (Å²) in [4.78, 5) is 35.5. The topological polar surface area (TPSA) is 111 Å². The van der Waals surface area contributed by atoms with Gasteiger partial charge in [-0.05, 0) is 60.8 Å². The molecule has 0 saturated carbocycles. The lowest BCUT2D eigenvalue weighted by Gasteiger charge is -2.09. The Morgan fingerprint density at radius 1 is 1.28 bits per heavy atom. The fourth-order valence-electron chi connectivity index (χ4n) is 2.98. The second-order valence-corrected chi connectivity index (χ2v) is 7.69. The minimum absolute atomic E-state index is 0.0266. The summed E-state index contributed by atoms with van der Waals surface area (Å²) in [6.45, 7) is 0. The number of thiocarbonyl (C=S) groups is 1. The van der Waals surface area contributed by atoms with Crippen molar-refractivity contribution in [3.05, 3.63) is 62.0 Å². The molecule has 0 unspecified atom stereocenters. The molecule has 1 aromatic heterocycles. The summed E-state index contributed by atoms with van der Waals surface area (Å²) >= 11 is 6.62. The maximum absolute atomic E-state index is 12.1. The molecular formula is C19H17N3O5S2. The number of nitro groups is 1. The molecule has 0 spiro atoms. The number of non-ortho nitro benzene ring substituents is 1. The van der Waals surface area contributed by atoms with E-state index in [1.54, 1.807) is 0 Å². The van der Waals surface area contributed by atoms with Gasteiger partial charge in [0, 0.05) is 23.1 Å². The summed E-state index contributed by atoms with van der Waals surface area (Å²) in [5.74, 6) is -0.899. The molecule has 29 heavy (non-hydrogen) atoms. The van der Waals surface area contributed by atoms with Gasteiger partial charge in [-0.1, -0.05) is 0 Å². The Bertz CT molecular complexity index is 1010. The van der Waals surface area contributed by atoms with Crippen LogP contribution in [-0.4, -0.2) is 29.0 Å². The molecule has 1 aromatic carbocycles. The first-order valence-electron chi connectivity index (χ1n) is 8.66. The van der Waals surface area contributed by atoms with E-state index in [-0.39, 0.29) is 10.8 Å². The van der Waals surface area contributed by atoms with Gasteiger partial charge in [0.05, 0.1) is 17.6 Å². The molecule has 2 N–H and O–H groups in total. The van der Waals surface area contributed by atoms with Crippen LogP contribution in [-0.2, 0) is 22.4 Å². The number of ether oxygens (including phenoxy) is 1. The maximum Gasteiger partial charge on any atom is 0.341 e. The van der Waals surface area contributed by atoms with E-state index in [1.807, 2.05) is 0 Å². The highest BCUT2D eigenvalue weighted by Gasteiger charge is 2.27. The van der Waals surface area contributed by atoms with E-state index in [4.69, 9.17) is 17.0 Å². The predicted molar refractivity (Wildman–Crippen MR) is 114 cm³/mol. The average Bonchev–Trinajstić information content (AvgIpc) is 3.26. The van der Waals surface area contributed by atoms with Gasteiger partial charge in [-0.15, -0.1) is 11.3 Å². The normalized spacial score (nSPS) is 12.4. The summed E-state index contributed by atoms with van der Waals surface area (Å²) < 4.78 is 4.88. The van der Waals surface area contributed by atoms with Gasteiger partial charge in [-0.2, -0.15) is 0 Å². The van der Waals surface area contributed by atoms with Crippen LogP contribution in [0.4, 0.5) is 10.7 Å². The van der Waals surface area contributed by atoms with Gasteiger partial charge < -0.3 is 10.1 Å². The Morgan fingerprint density at radius 2 is 2.00 bits per heavy atom. The molecular weight excluding hydrogens is 414 g/mol. The van der Waals surface area contributed by atoms with Crippen LogP contribution in [0.15, 0.2) is 30.3 Å². The molecule has 1 heterocycles. The largest absolute Gasteiger partial charge is 0.465 e. The van der Waals surface area contributed by atoms with Crippen LogP contribution in [0.2, 0.25) is 0 Å². The second kappa shape index (κ2) is 8.93. The van der Waals surface area contributed by atoms with Gasteiger partial charge in [-0.25, -0.2) is 4.79 Å². The number of esters is 1. The zero-order valence-electron chi connectivity index (χ0n) is 15.4. The molecule has 0 bridgehead atoms. The van der Waals surface area contributed by atoms with Gasteiger partial charge in [-0.3, -0.25) is 20.2 Å². The monoisotopic (exact) mass is 431 g/mol. The van der Waals surface area contributed by atoms with Crippen LogP contribution < -0.4 is 10.6 Å². The molecule has 3 rings (SSSR count). The number of amides is 1. The average molecular weight is 431 g/mol. The zero-order valence-corrected chi connectivity index (χ0v) is 17.0. The van der Waals surface area contributed by atoms with Crippen molar-refractivity contribution < 1.29 is 19.2 Å². The van der Waals surface area contributed by atoms with Crippen LogP contribution in [0.5, 0.6) is 0 Å². The highest BCUT2D eigenvalue weighted by Crippen LogP contribution is 2.39. The number of hydrogen-bond acceptors (Lipinski definition) is 7. The van der Waals surface area contributed by atoms with E-state index in [9.17, 15) is 19.7 Å². The third-order valence-corrected chi connectivity index (χ3v) is 5.72. The van der Waals surface area contributed by atoms with Gasteiger partial charge in [0.2, 0.25) is 5.91 Å². The number of methoxy groups -OCH3 is 1. The van der Waals surface area contributed by atoms with Crippen molar-refractivity contribution in [3.63, 3.8) is 0 Å². The number of aryl methyl sites for hydroxylation is 1. The Labute approximate surface area is 175 Å². The fourth-order valence-corrected chi connectivity index (χ4v) is 4.53. The quantitative estimate of drug-likeness (QED) is 0.245. The van der Waals surface area contributed by atoms with Crippen molar-refractivity contribution >= 4 is 57.3 Å². The molecule has 150 valence electrons. The maximum atomic E-state index is 12.1. The summed E-state index contributed by atoms with van der Waals surface area (Å²) in [6, 6.07) is 5.78. The Morgan fingerprint density at radius 3 is 2.66 bits per heavy atom. The van der Waals surface area contributed by atoms with E-state index >= 15 is 0 Å². The molecule has 0 saturated heterocycles. The van der Waals surface area contributed by atoms with Crippen molar-refractivity contribution in [3.8, 4) is 0 Å². The van der Waals surface area contributed by atoms with E-state index in [0.29, 0.717) is 16.1 Å². The van der Waals surface area contributed by atoms with Crippen molar-refractivity contribution in [1.29, 1.82) is 0 Å². The van der Waals surface area contributed by atoms with Gasteiger partial charge in [0.25, 0.3) is 5.69 Å². The molecule has 1 aliphatic rings. The molecule has 0 radical (unpaired) electrons. The van der Waals surface area contributed by atoms with E-state index in [0.717, 1.165) is 29.7 Å². The number of anilines is 1. The van der Waals surface area contributed by atoms with Crippen molar-refractivity contribution in [2.45, 2.75) is 19.3 Å². The molecule has 1 amide bonds. The first-order valence-corrected chi connectivity index (χ1v) is 9.89. The molecule has 0 atom stereocenters. The number of rotatable bonds is 5. The number of nitro benzene ring substituents is 1. The predicted octanol–water partition coefficient (Wildman–Crippen LogP) is 3.46. The first-order chi connectivity index (χ1) is 13.9. The molecule has 0 aliphatic heterocycles. The lowest BCUT2D eigenvalue weighted by atomic mass is 10.1. The van der Waals surface area contributed by atoms with Crippen LogP contribution in [0.1, 0.15) is 32.8 Å². The second-order valence-electron chi connectivity index (χ2n) is 6.18. The highest BCUT2D eigenvalue weighted by atomic mass is 32.1. The Kier molecular flexibility index (Phi) is 6.35. The smallest absolute Gasteiger partial charge is 0.341 e. The fraction of sp³-hybridized carbons (Fsp3) is 0.211. The summed E-state index contributed by atoms with van der Waals surface area (Å²) in [6.07, 6.45) is 5.50. The number of thiophene rings is 1. The molecule has 2 aromatic rings. The zero-order chi connectivity index (χ0) is 21.0. The number of fused-ring (bicyclic) bond motifs is 1. The SMILES string of the molecule is COC(=O)c1c(NC(=S)NC(=O)/C=C/c2ccc([N+](=O)[O-])cc2)sc2c1CCC2. The first kappa shape index (κ1) is 20.6. The van der Waals surface area contributed by atoms with Crippen LogP contribution in [0.25, 0.3) is 6.08 Å². The summed E-state index contributed by atoms with van der Waals surface area (Å²) in [7, 11) is 1.33. The van der Waals surface area contributed by atoms with E-state index in [2.05, 4.69) is 10.6 Å². The van der Waals surface area contributed by atoms with Gasteiger partial charge in [0.1, 0.15) is 5.00 Å². The minimum atomic E-state index is -0.493. The number of carbonyl (C=O) groups is 2. The van der Waals surface area contributed by atoms with Crippen molar-refractivity contribution in [2.24, 2.45) is 0 Å². The molecule has 8 nitrogen and oxygen atoms in total. The standard InChI is InChI=1S/C19H17N3O5S2/c1-27-18(24)16-13-3-2-4-14(13)29-17(16)21-19(28)20-15(23)10-7-11-5-8-12(9-6-11)22(25)26/h5-10H,2-4H2,1H3,(H2,20,21,23,28)/b10-7+.